The monoisotopic (exact) mass is 268 g/mol. The summed E-state index contributed by atoms with van der Waals surface area (Å²) in [6, 6.07) is -0.754. The van der Waals surface area contributed by atoms with Gasteiger partial charge in [0.25, 0.3) is 0 Å². The fraction of sp³-hybridized carbons (Fsp3) is 0.667. The summed E-state index contributed by atoms with van der Waals surface area (Å²) < 4.78 is 0. The van der Waals surface area contributed by atoms with Crippen LogP contribution in [-0.4, -0.2) is 46.3 Å². The zero-order valence-corrected chi connectivity index (χ0v) is 11.0. The van der Waals surface area contributed by atoms with E-state index in [9.17, 15) is 19.2 Å². The summed E-state index contributed by atoms with van der Waals surface area (Å²) in [4.78, 5) is 47.4. The lowest BCUT2D eigenvalue weighted by Crippen LogP contribution is -2.59. The molecule has 3 amide bonds. The van der Waals surface area contributed by atoms with Gasteiger partial charge in [0.05, 0.1) is 11.8 Å². The Balaban J connectivity index is 2.19. The van der Waals surface area contributed by atoms with Crippen molar-refractivity contribution in [2.24, 2.45) is 17.3 Å². The third kappa shape index (κ3) is 1.98. The Kier molecular flexibility index (Phi) is 2.87. The maximum absolute atomic E-state index is 12.3. The van der Waals surface area contributed by atoms with Crippen LogP contribution in [0.25, 0.3) is 0 Å². The van der Waals surface area contributed by atoms with E-state index in [1.54, 1.807) is 13.8 Å². The normalized spacial score (nSPS) is 32.8. The van der Waals surface area contributed by atoms with Crippen LogP contribution in [0.15, 0.2) is 0 Å². The fourth-order valence-electron chi connectivity index (χ4n) is 2.72. The van der Waals surface area contributed by atoms with Crippen LogP contribution in [0.2, 0.25) is 0 Å². The van der Waals surface area contributed by atoms with Crippen LogP contribution in [0.3, 0.4) is 0 Å². The van der Waals surface area contributed by atoms with Crippen molar-refractivity contribution in [2.45, 2.75) is 26.8 Å². The van der Waals surface area contributed by atoms with Gasteiger partial charge in [-0.15, -0.1) is 0 Å². The Morgan fingerprint density at radius 3 is 2.37 bits per heavy atom. The standard InChI is InChI=1S/C12H16N2O5/c1-5-9(16)13-6(15)4-14(5)10(17)7-8(11(18)19)12(7,2)3/h5,7-8H,4H2,1-3H3,(H,18,19)(H,13,15,16). The van der Waals surface area contributed by atoms with Gasteiger partial charge in [0.15, 0.2) is 0 Å². The number of imide groups is 1. The number of carboxylic acids is 1. The molecule has 3 unspecified atom stereocenters. The first-order valence-corrected chi connectivity index (χ1v) is 6.05. The number of hydrogen-bond acceptors (Lipinski definition) is 4. The zero-order valence-electron chi connectivity index (χ0n) is 11.0. The van der Waals surface area contributed by atoms with E-state index in [0.29, 0.717) is 0 Å². The van der Waals surface area contributed by atoms with Gasteiger partial charge in [-0.1, -0.05) is 13.8 Å². The lowest BCUT2D eigenvalue weighted by atomic mass is 10.1. The van der Waals surface area contributed by atoms with E-state index in [1.165, 1.54) is 6.92 Å². The molecule has 19 heavy (non-hydrogen) atoms. The first-order chi connectivity index (χ1) is 8.67. The van der Waals surface area contributed by atoms with E-state index >= 15 is 0 Å². The second-order valence-corrected chi connectivity index (χ2v) is 5.67. The number of carbonyl (C=O) groups excluding carboxylic acids is 3. The first-order valence-electron chi connectivity index (χ1n) is 6.05. The van der Waals surface area contributed by atoms with Crippen molar-refractivity contribution in [1.29, 1.82) is 0 Å². The quantitative estimate of drug-likeness (QED) is 0.639. The molecule has 1 aliphatic heterocycles. The smallest absolute Gasteiger partial charge is 0.307 e. The minimum atomic E-state index is -1.02. The number of amides is 3. The summed E-state index contributed by atoms with van der Waals surface area (Å²) in [7, 11) is 0. The number of hydrogen-bond donors (Lipinski definition) is 2. The lowest BCUT2D eigenvalue weighted by Gasteiger charge is -2.32. The number of aliphatic carboxylic acids is 1. The maximum Gasteiger partial charge on any atom is 0.307 e. The minimum absolute atomic E-state index is 0.204. The van der Waals surface area contributed by atoms with E-state index < -0.39 is 47.0 Å². The van der Waals surface area contributed by atoms with Crippen LogP contribution in [-0.2, 0) is 19.2 Å². The second kappa shape index (κ2) is 4.04. The van der Waals surface area contributed by atoms with E-state index in [4.69, 9.17) is 5.11 Å². The molecule has 0 aromatic carbocycles. The Bertz CT molecular complexity index is 485. The number of piperazine rings is 1. The van der Waals surface area contributed by atoms with Gasteiger partial charge >= 0.3 is 5.97 Å². The van der Waals surface area contributed by atoms with Crippen LogP contribution >= 0.6 is 0 Å². The fourth-order valence-corrected chi connectivity index (χ4v) is 2.72. The van der Waals surface area contributed by atoms with E-state index in [2.05, 4.69) is 5.32 Å². The van der Waals surface area contributed by atoms with Gasteiger partial charge in [-0.05, 0) is 12.3 Å². The predicted octanol–water partition coefficient (Wildman–Crippen LogP) is -0.783. The predicted molar refractivity (Wildman–Crippen MR) is 62.7 cm³/mol. The largest absolute Gasteiger partial charge is 0.481 e. The SMILES string of the molecule is CC1C(=O)NC(=O)CN1C(=O)C1C(C(=O)O)C1(C)C. The molecule has 0 aromatic rings. The number of nitrogens with one attached hydrogen (secondary N) is 1. The van der Waals surface area contributed by atoms with Gasteiger partial charge in [0, 0.05) is 0 Å². The van der Waals surface area contributed by atoms with Crippen molar-refractivity contribution in [3.8, 4) is 0 Å². The number of carbonyl (C=O) groups is 4. The van der Waals surface area contributed by atoms with Gasteiger partial charge in [-0.3, -0.25) is 24.5 Å². The Hall–Kier alpha value is -1.92. The van der Waals surface area contributed by atoms with E-state index in [-0.39, 0.29) is 6.54 Å². The van der Waals surface area contributed by atoms with Gasteiger partial charge < -0.3 is 10.0 Å². The molecule has 7 heteroatoms. The van der Waals surface area contributed by atoms with Crippen LogP contribution in [0.1, 0.15) is 20.8 Å². The van der Waals surface area contributed by atoms with Gasteiger partial charge in [-0.2, -0.15) is 0 Å². The third-order valence-corrected chi connectivity index (χ3v) is 4.07. The number of nitrogens with zero attached hydrogens (tertiary/aromatic N) is 1. The molecule has 0 spiro atoms. The summed E-state index contributed by atoms with van der Waals surface area (Å²) in [5, 5.41) is 11.2. The van der Waals surface area contributed by atoms with Crippen LogP contribution in [0, 0.1) is 17.3 Å². The highest BCUT2D eigenvalue weighted by Gasteiger charge is 2.67. The average Bonchev–Trinajstić information content (AvgIpc) is 2.86. The molecule has 3 atom stereocenters. The van der Waals surface area contributed by atoms with Crippen LogP contribution in [0.5, 0.6) is 0 Å². The van der Waals surface area contributed by atoms with Crippen molar-refractivity contribution < 1.29 is 24.3 Å². The lowest BCUT2D eigenvalue weighted by molar-refractivity contribution is -0.151. The average molecular weight is 268 g/mol. The molecule has 1 saturated carbocycles. The second-order valence-electron chi connectivity index (χ2n) is 5.67. The first kappa shape index (κ1) is 13.5. The Morgan fingerprint density at radius 2 is 1.89 bits per heavy atom. The van der Waals surface area contributed by atoms with Crippen molar-refractivity contribution in [2.75, 3.05) is 6.54 Å². The minimum Gasteiger partial charge on any atom is -0.481 e. The van der Waals surface area contributed by atoms with Crippen molar-refractivity contribution >= 4 is 23.7 Å². The summed E-state index contributed by atoms with van der Waals surface area (Å²) in [5.41, 5.74) is -0.639. The summed E-state index contributed by atoms with van der Waals surface area (Å²) in [5.74, 6) is -3.97. The molecule has 1 saturated heterocycles. The molecular formula is C12H16N2O5. The van der Waals surface area contributed by atoms with E-state index in [0.717, 1.165) is 4.90 Å². The number of rotatable bonds is 2. The topological polar surface area (TPSA) is 104 Å². The molecular weight excluding hydrogens is 252 g/mol. The molecule has 0 bridgehead atoms. The summed E-state index contributed by atoms with van der Waals surface area (Å²) >= 11 is 0. The Labute approximate surface area is 109 Å². The third-order valence-electron chi connectivity index (χ3n) is 4.07. The van der Waals surface area contributed by atoms with Crippen molar-refractivity contribution in [3.05, 3.63) is 0 Å². The Morgan fingerprint density at radius 1 is 1.32 bits per heavy atom. The highest BCUT2D eigenvalue weighted by atomic mass is 16.4. The maximum atomic E-state index is 12.3. The molecule has 104 valence electrons. The number of carboxylic acid groups (broad SMARTS) is 1. The van der Waals surface area contributed by atoms with Gasteiger partial charge in [-0.25, -0.2) is 0 Å². The molecule has 0 radical (unpaired) electrons. The molecule has 7 nitrogen and oxygen atoms in total. The highest BCUT2D eigenvalue weighted by molar-refractivity contribution is 6.05. The molecule has 2 N–H and O–H groups in total. The molecule has 0 aromatic heterocycles. The molecule has 2 rings (SSSR count). The zero-order chi connectivity index (χ0) is 14.5. The molecule has 2 fully saturated rings. The van der Waals surface area contributed by atoms with Gasteiger partial charge in [0.2, 0.25) is 17.7 Å². The van der Waals surface area contributed by atoms with Crippen molar-refractivity contribution in [3.63, 3.8) is 0 Å². The molecule has 1 aliphatic carbocycles. The van der Waals surface area contributed by atoms with Crippen molar-refractivity contribution in [1.82, 2.24) is 10.2 Å². The van der Waals surface area contributed by atoms with Crippen LogP contribution < -0.4 is 5.32 Å². The highest BCUT2D eigenvalue weighted by Crippen LogP contribution is 2.59. The van der Waals surface area contributed by atoms with Gasteiger partial charge in [0.1, 0.15) is 12.6 Å². The summed E-state index contributed by atoms with van der Waals surface area (Å²) in [6.07, 6.45) is 0. The van der Waals surface area contributed by atoms with Crippen LogP contribution in [0.4, 0.5) is 0 Å². The summed E-state index contributed by atoms with van der Waals surface area (Å²) in [6.45, 7) is 4.71. The van der Waals surface area contributed by atoms with E-state index in [1.807, 2.05) is 0 Å². The molecule has 2 aliphatic rings. The molecule has 1 heterocycles.